The number of carbonyl (C=O) groups excluding carboxylic acids is 2. The Kier molecular flexibility index (Phi) is 4.53. The lowest BCUT2D eigenvalue weighted by atomic mass is 10.2. The largest absolute Gasteiger partial charge is 0.375 e. The van der Waals surface area contributed by atoms with Crippen LogP contribution in [0.5, 0.6) is 0 Å². The third-order valence-electron chi connectivity index (χ3n) is 2.14. The Labute approximate surface area is 118 Å². The van der Waals surface area contributed by atoms with Crippen molar-refractivity contribution in [3.8, 4) is 0 Å². The maximum Gasteiger partial charge on any atom is 0.257 e. The van der Waals surface area contributed by atoms with Gasteiger partial charge in [-0.3, -0.25) is 14.9 Å². The molecule has 2 amide bonds. The highest BCUT2D eigenvalue weighted by atomic mass is 32.2. The molecule has 0 saturated carbocycles. The van der Waals surface area contributed by atoms with Gasteiger partial charge in [0.2, 0.25) is 5.91 Å². The van der Waals surface area contributed by atoms with Crippen LogP contribution in [-0.4, -0.2) is 22.6 Å². The Hall–Kier alpha value is -1.86. The number of nitrogens with one attached hydrogen (secondary N) is 1. The standard InChI is InChI=1S/C12H11N3O2S2/c13-12-14-6-10(19-12)18-7-9(16)15-11(17)8-4-2-1-3-5-8/h1-6H,7H2,(H2,13,14)(H,15,16,17). The predicted octanol–water partition coefficient (Wildman–Crippen LogP) is 1.77. The van der Waals surface area contributed by atoms with Gasteiger partial charge in [-0.25, -0.2) is 4.98 Å². The molecular weight excluding hydrogens is 282 g/mol. The fraction of sp³-hybridized carbons (Fsp3) is 0.0833. The van der Waals surface area contributed by atoms with Crippen molar-refractivity contribution in [2.24, 2.45) is 0 Å². The number of imide groups is 1. The predicted molar refractivity (Wildman–Crippen MR) is 76.2 cm³/mol. The first-order valence-electron chi connectivity index (χ1n) is 5.38. The molecule has 7 heteroatoms. The number of benzene rings is 1. The maximum atomic E-state index is 11.7. The Bertz CT molecular complexity index is 584. The second kappa shape index (κ2) is 6.35. The number of nitrogens with two attached hydrogens (primary N) is 1. The Morgan fingerprint density at radius 1 is 1.32 bits per heavy atom. The van der Waals surface area contributed by atoms with E-state index in [1.165, 1.54) is 23.1 Å². The highest BCUT2D eigenvalue weighted by molar-refractivity contribution is 8.01. The number of anilines is 1. The van der Waals surface area contributed by atoms with Crippen molar-refractivity contribution >= 4 is 40.0 Å². The highest BCUT2D eigenvalue weighted by Crippen LogP contribution is 2.25. The first kappa shape index (κ1) is 13.6. The molecule has 0 unspecified atom stereocenters. The summed E-state index contributed by atoms with van der Waals surface area (Å²) in [5.41, 5.74) is 5.94. The van der Waals surface area contributed by atoms with E-state index in [2.05, 4.69) is 10.3 Å². The summed E-state index contributed by atoms with van der Waals surface area (Å²) in [6, 6.07) is 8.60. The van der Waals surface area contributed by atoms with Crippen LogP contribution in [0.4, 0.5) is 5.13 Å². The summed E-state index contributed by atoms with van der Waals surface area (Å²) in [5, 5.41) is 2.79. The van der Waals surface area contributed by atoms with Crippen molar-refractivity contribution < 1.29 is 9.59 Å². The molecule has 0 aliphatic rings. The fourth-order valence-electron chi connectivity index (χ4n) is 1.30. The van der Waals surface area contributed by atoms with Gasteiger partial charge in [0, 0.05) is 5.56 Å². The van der Waals surface area contributed by atoms with Gasteiger partial charge < -0.3 is 5.73 Å². The number of nitrogens with zero attached hydrogens (tertiary/aromatic N) is 1. The smallest absolute Gasteiger partial charge is 0.257 e. The van der Waals surface area contributed by atoms with Gasteiger partial charge in [0.05, 0.1) is 16.2 Å². The quantitative estimate of drug-likeness (QED) is 0.839. The van der Waals surface area contributed by atoms with Crippen LogP contribution in [0.15, 0.2) is 40.7 Å². The van der Waals surface area contributed by atoms with E-state index in [0.29, 0.717) is 10.7 Å². The maximum absolute atomic E-state index is 11.7. The van der Waals surface area contributed by atoms with E-state index in [9.17, 15) is 9.59 Å². The van der Waals surface area contributed by atoms with E-state index in [1.807, 2.05) is 6.07 Å². The first-order chi connectivity index (χ1) is 9.15. The molecule has 98 valence electrons. The van der Waals surface area contributed by atoms with Gasteiger partial charge in [-0.05, 0) is 12.1 Å². The Balaban J connectivity index is 1.83. The molecule has 0 radical (unpaired) electrons. The zero-order valence-electron chi connectivity index (χ0n) is 9.83. The number of hydrogen-bond donors (Lipinski definition) is 2. The average molecular weight is 293 g/mol. The van der Waals surface area contributed by atoms with E-state index in [0.717, 1.165) is 4.21 Å². The molecule has 0 bridgehead atoms. The van der Waals surface area contributed by atoms with Gasteiger partial charge in [-0.15, -0.1) is 11.8 Å². The first-order valence-corrected chi connectivity index (χ1v) is 7.18. The molecule has 2 aromatic rings. The summed E-state index contributed by atoms with van der Waals surface area (Å²) in [5.74, 6) is -0.582. The molecule has 0 atom stereocenters. The van der Waals surface area contributed by atoms with E-state index in [-0.39, 0.29) is 11.7 Å². The molecule has 0 saturated heterocycles. The van der Waals surface area contributed by atoms with Crippen molar-refractivity contribution in [3.05, 3.63) is 42.1 Å². The normalized spacial score (nSPS) is 10.1. The lowest BCUT2D eigenvalue weighted by molar-refractivity contribution is -0.117. The Morgan fingerprint density at radius 3 is 2.68 bits per heavy atom. The minimum Gasteiger partial charge on any atom is -0.375 e. The van der Waals surface area contributed by atoms with Gasteiger partial charge in [0.1, 0.15) is 0 Å². The summed E-state index contributed by atoms with van der Waals surface area (Å²) in [4.78, 5) is 27.2. The molecule has 2 rings (SSSR count). The van der Waals surface area contributed by atoms with Crippen LogP contribution in [0.1, 0.15) is 10.4 Å². The molecule has 0 aliphatic carbocycles. The van der Waals surface area contributed by atoms with Crippen molar-refractivity contribution in [2.45, 2.75) is 4.21 Å². The molecule has 0 spiro atoms. The third kappa shape index (κ3) is 4.08. The van der Waals surface area contributed by atoms with Gasteiger partial charge in [-0.2, -0.15) is 0 Å². The number of thiazole rings is 1. The highest BCUT2D eigenvalue weighted by Gasteiger charge is 2.10. The minimum atomic E-state index is -0.394. The monoisotopic (exact) mass is 293 g/mol. The second-order valence-corrected chi connectivity index (χ2v) is 5.89. The fourth-order valence-corrected chi connectivity index (χ4v) is 2.86. The number of hydrogen-bond acceptors (Lipinski definition) is 6. The number of thioether (sulfide) groups is 1. The zero-order valence-corrected chi connectivity index (χ0v) is 11.5. The van der Waals surface area contributed by atoms with Crippen LogP contribution in [0.2, 0.25) is 0 Å². The van der Waals surface area contributed by atoms with Crippen LogP contribution in [-0.2, 0) is 4.79 Å². The average Bonchev–Trinajstić information content (AvgIpc) is 2.83. The molecule has 0 fully saturated rings. The number of rotatable bonds is 4. The summed E-state index contributed by atoms with van der Waals surface area (Å²) < 4.78 is 0.847. The van der Waals surface area contributed by atoms with Gasteiger partial charge >= 0.3 is 0 Å². The minimum absolute atomic E-state index is 0.153. The second-order valence-electron chi connectivity index (χ2n) is 3.55. The van der Waals surface area contributed by atoms with E-state index in [1.54, 1.807) is 30.5 Å². The van der Waals surface area contributed by atoms with Crippen molar-refractivity contribution in [3.63, 3.8) is 0 Å². The number of nitrogen functional groups attached to an aromatic ring is 1. The molecule has 1 aromatic heterocycles. The lowest BCUT2D eigenvalue weighted by Gasteiger charge is -2.02. The van der Waals surface area contributed by atoms with Crippen LogP contribution in [0, 0.1) is 0 Å². The van der Waals surface area contributed by atoms with Crippen molar-refractivity contribution in [1.82, 2.24) is 10.3 Å². The molecule has 3 N–H and O–H groups in total. The van der Waals surface area contributed by atoms with Crippen LogP contribution < -0.4 is 11.1 Å². The Morgan fingerprint density at radius 2 is 2.05 bits per heavy atom. The van der Waals surface area contributed by atoms with Crippen molar-refractivity contribution in [2.75, 3.05) is 11.5 Å². The SMILES string of the molecule is Nc1ncc(SCC(=O)NC(=O)c2ccccc2)s1. The summed E-state index contributed by atoms with van der Waals surface area (Å²) in [6.45, 7) is 0. The third-order valence-corrected chi connectivity index (χ3v) is 4.16. The van der Waals surface area contributed by atoms with Gasteiger partial charge in [0.25, 0.3) is 5.91 Å². The van der Waals surface area contributed by atoms with E-state index in [4.69, 9.17) is 5.73 Å². The summed E-state index contributed by atoms with van der Waals surface area (Å²) >= 11 is 2.61. The molecular formula is C12H11N3O2S2. The lowest BCUT2D eigenvalue weighted by Crippen LogP contribution is -2.31. The molecule has 1 heterocycles. The molecule has 5 nitrogen and oxygen atoms in total. The van der Waals surface area contributed by atoms with E-state index < -0.39 is 5.91 Å². The zero-order chi connectivity index (χ0) is 13.7. The molecule has 0 aliphatic heterocycles. The summed E-state index contributed by atoms with van der Waals surface area (Å²) in [6.07, 6.45) is 1.61. The van der Waals surface area contributed by atoms with Crippen LogP contribution in [0.3, 0.4) is 0 Å². The van der Waals surface area contributed by atoms with Gasteiger partial charge in [-0.1, -0.05) is 29.5 Å². The van der Waals surface area contributed by atoms with E-state index >= 15 is 0 Å². The van der Waals surface area contributed by atoms with Crippen LogP contribution >= 0.6 is 23.1 Å². The molecule has 19 heavy (non-hydrogen) atoms. The molecule has 1 aromatic carbocycles. The van der Waals surface area contributed by atoms with Crippen molar-refractivity contribution in [1.29, 1.82) is 0 Å². The number of aromatic nitrogens is 1. The topological polar surface area (TPSA) is 85.1 Å². The summed E-state index contributed by atoms with van der Waals surface area (Å²) in [7, 11) is 0. The number of amides is 2. The van der Waals surface area contributed by atoms with Crippen LogP contribution in [0.25, 0.3) is 0 Å². The van der Waals surface area contributed by atoms with Gasteiger partial charge in [0.15, 0.2) is 5.13 Å². The number of carbonyl (C=O) groups is 2.